The van der Waals surface area contributed by atoms with Crippen molar-refractivity contribution in [3.05, 3.63) is 29.1 Å². The van der Waals surface area contributed by atoms with E-state index in [0.29, 0.717) is 12.2 Å². The molecule has 2 amide bonds. The molecule has 0 bridgehead atoms. The number of aromatic nitrogens is 1. The van der Waals surface area contributed by atoms with E-state index >= 15 is 0 Å². The van der Waals surface area contributed by atoms with Gasteiger partial charge in [-0.3, -0.25) is 14.5 Å². The number of fused-ring (bicyclic) bond motifs is 1. The van der Waals surface area contributed by atoms with Gasteiger partial charge in [0.2, 0.25) is 0 Å². The fraction of sp³-hybridized carbons (Fsp3) is 0.300. The second kappa shape index (κ2) is 3.43. The minimum absolute atomic E-state index is 0.224. The maximum atomic E-state index is 11.6. The highest BCUT2D eigenvalue weighted by Gasteiger charge is 2.34. The smallest absolute Gasteiger partial charge is 0.279 e. The summed E-state index contributed by atoms with van der Waals surface area (Å²) in [6, 6.07) is 1.65. The summed E-state index contributed by atoms with van der Waals surface area (Å²) < 4.78 is 4.93. The van der Waals surface area contributed by atoms with Crippen LogP contribution in [0, 0.1) is 0 Å². The molecule has 1 aromatic heterocycles. The Morgan fingerprint density at radius 2 is 2.13 bits per heavy atom. The normalized spacial score (nSPS) is 14.7. The van der Waals surface area contributed by atoms with Gasteiger partial charge in [-0.05, 0) is 11.6 Å². The largest absolute Gasteiger partial charge is 0.380 e. The van der Waals surface area contributed by atoms with Crippen molar-refractivity contribution in [2.75, 3.05) is 14.2 Å². The van der Waals surface area contributed by atoms with Gasteiger partial charge >= 0.3 is 0 Å². The lowest BCUT2D eigenvalue weighted by atomic mass is 10.1. The summed E-state index contributed by atoms with van der Waals surface area (Å²) in [5, 5.41) is 0. The Morgan fingerprint density at radius 1 is 1.40 bits per heavy atom. The second-order valence-corrected chi connectivity index (χ2v) is 3.34. The van der Waals surface area contributed by atoms with Gasteiger partial charge in [0.25, 0.3) is 11.8 Å². The summed E-state index contributed by atoms with van der Waals surface area (Å²) >= 11 is 0. The molecule has 0 spiro atoms. The molecular formula is C10H10N2O3. The lowest BCUT2D eigenvalue weighted by Gasteiger charge is -2.02. The summed E-state index contributed by atoms with van der Waals surface area (Å²) in [6.07, 6.45) is 1.55. The number of imide groups is 1. The van der Waals surface area contributed by atoms with E-state index in [1.165, 1.54) is 7.05 Å². The highest BCUT2D eigenvalue weighted by molar-refractivity contribution is 6.20. The summed E-state index contributed by atoms with van der Waals surface area (Å²) in [5.74, 6) is -0.653. The number of nitrogens with zero attached hydrogens (tertiary/aromatic N) is 2. The van der Waals surface area contributed by atoms with Crippen LogP contribution in [0.2, 0.25) is 0 Å². The van der Waals surface area contributed by atoms with E-state index in [4.69, 9.17) is 4.74 Å². The highest BCUT2D eigenvalue weighted by atomic mass is 16.5. The number of pyridine rings is 1. The quantitative estimate of drug-likeness (QED) is 0.659. The van der Waals surface area contributed by atoms with Gasteiger partial charge < -0.3 is 4.74 Å². The van der Waals surface area contributed by atoms with Crippen LogP contribution in [-0.4, -0.2) is 35.9 Å². The third-order valence-electron chi connectivity index (χ3n) is 2.30. The summed E-state index contributed by atoms with van der Waals surface area (Å²) in [7, 11) is 3.01. The van der Waals surface area contributed by atoms with Crippen LogP contribution >= 0.6 is 0 Å². The number of hydrogen-bond acceptors (Lipinski definition) is 4. The molecule has 78 valence electrons. The molecular weight excluding hydrogens is 196 g/mol. The minimum atomic E-state index is -0.348. The monoisotopic (exact) mass is 206 g/mol. The number of amides is 2. The number of carbonyl (C=O) groups excluding carboxylic acids is 2. The molecule has 5 heteroatoms. The first-order valence-corrected chi connectivity index (χ1v) is 4.45. The first-order chi connectivity index (χ1) is 7.15. The zero-order chi connectivity index (χ0) is 11.0. The fourth-order valence-corrected chi connectivity index (χ4v) is 1.52. The summed E-state index contributed by atoms with van der Waals surface area (Å²) in [5.41, 5.74) is 1.37. The molecule has 2 heterocycles. The topological polar surface area (TPSA) is 59.5 Å². The maximum absolute atomic E-state index is 11.6. The van der Waals surface area contributed by atoms with Crippen LogP contribution in [0.15, 0.2) is 12.3 Å². The molecule has 0 aromatic carbocycles. The molecule has 0 saturated carbocycles. The molecule has 0 fully saturated rings. The molecule has 2 rings (SSSR count). The highest BCUT2D eigenvalue weighted by Crippen LogP contribution is 2.20. The molecule has 0 atom stereocenters. The van der Waals surface area contributed by atoms with Crippen LogP contribution in [0.4, 0.5) is 0 Å². The minimum Gasteiger partial charge on any atom is -0.380 e. The number of rotatable bonds is 2. The van der Waals surface area contributed by atoms with Gasteiger partial charge in [-0.15, -0.1) is 0 Å². The third kappa shape index (κ3) is 1.41. The molecule has 1 aromatic rings. The Hall–Kier alpha value is -1.75. The van der Waals surface area contributed by atoms with Gasteiger partial charge in [0.1, 0.15) is 5.69 Å². The van der Waals surface area contributed by atoms with E-state index < -0.39 is 0 Å². The lowest BCUT2D eigenvalue weighted by molar-refractivity contribution is 0.0691. The lowest BCUT2D eigenvalue weighted by Crippen LogP contribution is -2.24. The number of methoxy groups -OCH3 is 1. The third-order valence-corrected chi connectivity index (χ3v) is 2.30. The Labute approximate surface area is 86.7 Å². The average Bonchev–Trinajstić information content (AvgIpc) is 2.45. The van der Waals surface area contributed by atoms with Crippen LogP contribution in [0.25, 0.3) is 0 Å². The first-order valence-electron chi connectivity index (χ1n) is 4.45. The van der Waals surface area contributed by atoms with Gasteiger partial charge in [-0.1, -0.05) is 0 Å². The van der Waals surface area contributed by atoms with Crippen LogP contribution in [0.3, 0.4) is 0 Å². The standard InChI is InChI=1S/C10H10N2O3/c1-12-9(13)7-3-6(5-15-2)4-11-8(7)10(12)14/h3-4H,5H2,1-2H3. The number of ether oxygens (including phenoxy) is 1. The predicted octanol–water partition coefficient (Wildman–Crippen LogP) is 0.454. The van der Waals surface area contributed by atoms with E-state index in [2.05, 4.69) is 4.98 Å². The molecule has 5 nitrogen and oxygen atoms in total. The van der Waals surface area contributed by atoms with Crippen LogP contribution in [0.1, 0.15) is 26.4 Å². The maximum Gasteiger partial charge on any atom is 0.279 e. The van der Waals surface area contributed by atoms with Crippen molar-refractivity contribution in [1.29, 1.82) is 0 Å². The predicted molar refractivity (Wildman–Crippen MR) is 51.4 cm³/mol. The van der Waals surface area contributed by atoms with Gasteiger partial charge in [0, 0.05) is 20.4 Å². The van der Waals surface area contributed by atoms with Gasteiger partial charge in [-0.2, -0.15) is 0 Å². The average molecular weight is 206 g/mol. The van der Waals surface area contributed by atoms with Crippen molar-refractivity contribution >= 4 is 11.8 Å². The summed E-state index contributed by atoms with van der Waals surface area (Å²) in [6.45, 7) is 0.380. The Balaban J connectivity index is 2.47. The Morgan fingerprint density at radius 3 is 2.80 bits per heavy atom. The van der Waals surface area contributed by atoms with Crippen molar-refractivity contribution < 1.29 is 14.3 Å². The zero-order valence-corrected chi connectivity index (χ0v) is 8.48. The van der Waals surface area contributed by atoms with Crippen molar-refractivity contribution in [3.63, 3.8) is 0 Å². The van der Waals surface area contributed by atoms with E-state index in [9.17, 15) is 9.59 Å². The molecule has 0 unspecified atom stereocenters. The number of carbonyl (C=O) groups is 2. The second-order valence-electron chi connectivity index (χ2n) is 3.34. The Bertz CT molecular complexity index is 442. The molecule has 1 aliphatic heterocycles. The van der Waals surface area contributed by atoms with Crippen LogP contribution in [-0.2, 0) is 11.3 Å². The van der Waals surface area contributed by atoms with Crippen molar-refractivity contribution in [1.82, 2.24) is 9.88 Å². The van der Waals surface area contributed by atoms with E-state index in [1.807, 2.05) is 0 Å². The fourth-order valence-electron chi connectivity index (χ4n) is 1.52. The van der Waals surface area contributed by atoms with Crippen molar-refractivity contribution in [2.45, 2.75) is 6.61 Å². The van der Waals surface area contributed by atoms with E-state index in [-0.39, 0.29) is 17.5 Å². The zero-order valence-electron chi connectivity index (χ0n) is 8.48. The Kier molecular flexibility index (Phi) is 2.24. The number of hydrogen-bond donors (Lipinski definition) is 0. The van der Waals surface area contributed by atoms with E-state index in [0.717, 1.165) is 10.5 Å². The van der Waals surface area contributed by atoms with Crippen LogP contribution in [0.5, 0.6) is 0 Å². The molecule has 0 radical (unpaired) electrons. The van der Waals surface area contributed by atoms with Crippen molar-refractivity contribution in [2.24, 2.45) is 0 Å². The van der Waals surface area contributed by atoms with Crippen LogP contribution < -0.4 is 0 Å². The SMILES string of the molecule is COCc1cnc2c(c1)C(=O)N(C)C2=O. The molecule has 15 heavy (non-hydrogen) atoms. The first kappa shape index (κ1) is 9.79. The molecule has 0 N–H and O–H groups in total. The molecule has 1 aliphatic rings. The van der Waals surface area contributed by atoms with Gasteiger partial charge in [0.05, 0.1) is 12.2 Å². The summed E-state index contributed by atoms with van der Waals surface area (Å²) in [4.78, 5) is 28.1. The molecule has 0 aliphatic carbocycles. The van der Waals surface area contributed by atoms with Gasteiger partial charge in [-0.25, -0.2) is 4.98 Å². The van der Waals surface area contributed by atoms with E-state index in [1.54, 1.807) is 19.4 Å². The molecule has 0 saturated heterocycles. The van der Waals surface area contributed by atoms with Gasteiger partial charge in [0.15, 0.2) is 0 Å². The van der Waals surface area contributed by atoms with Crippen molar-refractivity contribution in [3.8, 4) is 0 Å².